The van der Waals surface area contributed by atoms with Crippen molar-refractivity contribution in [2.75, 3.05) is 0 Å². The molecule has 0 bridgehead atoms. The average molecular weight is 968 g/mol. The number of aromatic nitrogens is 3. The number of aromatic hydroxyl groups is 1. The Hall–Kier alpha value is -5.57. The van der Waals surface area contributed by atoms with E-state index < -0.39 is 0 Å². The van der Waals surface area contributed by atoms with Gasteiger partial charge in [0.1, 0.15) is 11.6 Å². The van der Waals surface area contributed by atoms with Gasteiger partial charge < -0.3 is 5.11 Å². The van der Waals surface area contributed by atoms with Gasteiger partial charge in [-0.1, -0.05) is 164 Å². The first-order chi connectivity index (χ1) is 28.1. The number of fused-ring (bicyclic) bond motifs is 1. The number of rotatable bonds is 8. The first kappa shape index (κ1) is 42.5. The zero-order valence-corrected chi connectivity index (χ0v) is 38.4. The SMILES string of the molecule is CCC(C)(C)c1ccc(-n2c(-c3ccccc3O)nc3c(-c4[c-]c(-c5cc(-c6ccc(C(C)(C)C)cc6)ccn5)cc(C(C)(C)C)c4)cccc32)c(-c2ccccc2)c1.[Pt]. The molecule has 2 heterocycles. The summed E-state index contributed by atoms with van der Waals surface area (Å²) in [5.41, 5.74) is 15.3. The maximum atomic E-state index is 11.4. The molecular weight excluding hydrogens is 914 g/mol. The quantitative estimate of drug-likeness (QED) is 0.154. The Kier molecular flexibility index (Phi) is 11.7. The number of hydrogen-bond donors (Lipinski definition) is 1. The number of benzene rings is 6. The molecule has 0 atom stereocenters. The number of imidazole rings is 1. The molecule has 0 amide bonds. The molecule has 0 aliphatic heterocycles. The van der Waals surface area contributed by atoms with Crippen molar-refractivity contribution < 1.29 is 26.2 Å². The van der Waals surface area contributed by atoms with Crippen molar-refractivity contribution in [3.05, 3.63) is 168 Å². The molecule has 0 spiro atoms. The number of nitrogens with zero attached hydrogens (tertiary/aromatic N) is 3. The Bertz CT molecular complexity index is 2800. The third kappa shape index (κ3) is 8.28. The predicted molar refractivity (Wildman–Crippen MR) is 247 cm³/mol. The molecule has 0 radical (unpaired) electrons. The molecule has 0 aliphatic carbocycles. The Morgan fingerprint density at radius 1 is 0.567 bits per heavy atom. The summed E-state index contributed by atoms with van der Waals surface area (Å²) in [6.45, 7) is 20.3. The smallest absolute Gasteiger partial charge is 0.148 e. The number of phenolic OH excluding ortho intramolecular Hbond substituents is 1. The van der Waals surface area contributed by atoms with Crippen molar-refractivity contribution in [3.8, 4) is 67.5 Å². The van der Waals surface area contributed by atoms with E-state index in [-0.39, 0.29) is 43.1 Å². The van der Waals surface area contributed by atoms with Gasteiger partial charge in [-0.2, -0.15) is 0 Å². The molecule has 8 aromatic rings. The summed E-state index contributed by atoms with van der Waals surface area (Å²) in [6.07, 6.45) is 2.91. The van der Waals surface area contributed by atoms with E-state index in [1.807, 2.05) is 24.4 Å². The van der Waals surface area contributed by atoms with Gasteiger partial charge in [-0.15, -0.1) is 29.3 Å². The zero-order valence-electron chi connectivity index (χ0n) is 36.2. The maximum absolute atomic E-state index is 11.4. The molecule has 306 valence electrons. The first-order valence-corrected chi connectivity index (χ1v) is 20.8. The van der Waals surface area contributed by atoms with E-state index in [0.29, 0.717) is 11.4 Å². The van der Waals surface area contributed by atoms with E-state index in [4.69, 9.17) is 9.97 Å². The molecule has 1 N–H and O–H groups in total. The molecule has 0 saturated heterocycles. The van der Waals surface area contributed by atoms with E-state index in [0.717, 1.165) is 67.8 Å². The summed E-state index contributed by atoms with van der Waals surface area (Å²) >= 11 is 0. The fourth-order valence-electron chi connectivity index (χ4n) is 7.81. The minimum absolute atomic E-state index is 0. The van der Waals surface area contributed by atoms with Crippen LogP contribution in [0.15, 0.2) is 146 Å². The van der Waals surface area contributed by atoms with Gasteiger partial charge in [-0.25, -0.2) is 4.98 Å². The Balaban J connectivity index is 0.00000544. The van der Waals surface area contributed by atoms with Gasteiger partial charge in [0.15, 0.2) is 0 Å². The van der Waals surface area contributed by atoms with Crippen LogP contribution in [0.2, 0.25) is 0 Å². The molecule has 5 heteroatoms. The molecule has 4 nitrogen and oxygen atoms in total. The summed E-state index contributed by atoms with van der Waals surface area (Å²) in [5.74, 6) is 0.850. The van der Waals surface area contributed by atoms with Gasteiger partial charge in [-0.3, -0.25) is 9.55 Å². The monoisotopic (exact) mass is 967 g/mol. The normalized spacial score (nSPS) is 12.1. The fraction of sp³-hybridized carbons (Fsp3) is 0.236. The zero-order chi connectivity index (χ0) is 41.7. The third-order valence-electron chi connectivity index (χ3n) is 12.0. The molecule has 60 heavy (non-hydrogen) atoms. The molecule has 6 aromatic carbocycles. The van der Waals surface area contributed by atoms with Crippen LogP contribution in [0.4, 0.5) is 0 Å². The van der Waals surface area contributed by atoms with Crippen LogP contribution in [0.3, 0.4) is 0 Å². The van der Waals surface area contributed by atoms with Crippen molar-refractivity contribution >= 4 is 11.0 Å². The largest absolute Gasteiger partial charge is 0.507 e. The summed E-state index contributed by atoms with van der Waals surface area (Å²) in [5, 5.41) is 11.4. The number of para-hydroxylation sites is 2. The van der Waals surface area contributed by atoms with E-state index >= 15 is 0 Å². The number of hydrogen-bond acceptors (Lipinski definition) is 3. The van der Waals surface area contributed by atoms with Gasteiger partial charge in [0.05, 0.1) is 22.3 Å². The first-order valence-electron chi connectivity index (χ1n) is 20.8. The predicted octanol–water partition coefficient (Wildman–Crippen LogP) is 14.5. The van der Waals surface area contributed by atoms with Gasteiger partial charge in [-0.05, 0) is 86.9 Å². The summed E-state index contributed by atoms with van der Waals surface area (Å²) in [4.78, 5) is 10.4. The van der Waals surface area contributed by atoms with Crippen molar-refractivity contribution in [2.24, 2.45) is 0 Å². The Morgan fingerprint density at radius 3 is 1.90 bits per heavy atom. The van der Waals surface area contributed by atoms with Gasteiger partial charge in [0, 0.05) is 38.5 Å². The fourth-order valence-corrected chi connectivity index (χ4v) is 7.81. The van der Waals surface area contributed by atoms with Crippen LogP contribution in [-0.4, -0.2) is 19.6 Å². The Morgan fingerprint density at radius 2 is 1.22 bits per heavy atom. The summed E-state index contributed by atoms with van der Waals surface area (Å²) in [6, 6.07) is 52.7. The van der Waals surface area contributed by atoms with Crippen molar-refractivity contribution in [3.63, 3.8) is 0 Å². The minimum atomic E-state index is -0.147. The van der Waals surface area contributed by atoms with Crippen molar-refractivity contribution in [1.29, 1.82) is 0 Å². The van der Waals surface area contributed by atoms with Crippen LogP contribution in [-0.2, 0) is 37.3 Å². The second-order valence-electron chi connectivity index (χ2n) is 18.5. The van der Waals surface area contributed by atoms with Crippen LogP contribution < -0.4 is 0 Å². The standard InChI is InChI=1S/C55H54N3O.Pt/c1-10-55(8,9)42-27-28-48(46(35-42)37-17-12-11-13-18-37)58-49-21-16-20-44(51(49)57-52(58)45-19-14-15-22-50(45)59)39-31-40(33-43(32-39)54(5,6)7)47-34-38(29-30-56-47)36-23-25-41(26-24-36)53(2,3)4;/h11-30,32-35,59H,10H2,1-9H3;/q-1;. The second kappa shape index (κ2) is 16.5. The number of pyridine rings is 1. The van der Waals surface area contributed by atoms with Crippen LogP contribution in [0, 0.1) is 6.07 Å². The van der Waals surface area contributed by atoms with E-state index in [2.05, 4.69) is 188 Å². The topological polar surface area (TPSA) is 50.9 Å². The molecule has 0 fully saturated rings. The molecule has 0 aliphatic rings. The van der Waals surface area contributed by atoms with Gasteiger partial charge in [0.2, 0.25) is 0 Å². The van der Waals surface area contributed by atoms with Crippen molar-refractivity contribution in [2.45, 2.75) is 85.0 Å². The van der Waals surface area contributed by atoms with Gasteiger partial charge >= 0.3 is 0 Å². The third-order valence-corrected chi connectivity index (χ3v) is 12.0. The van der Waals surface area contributed by atoms with E-state index in [1.165, 1.54) is 16.7 Å². The van der Waals surface area contributed by atoms with Crippen LogP contribution in [0.25, 0.3) is 72.7 Å². The molecular formula is C55H54N3OPt-. The average Bonchev–Trinajstić information content (AvgIpc) is 3.62. The summed E-state index contributed by atoms with van der Waals surface area (Å²) < 4.78 is 2.23. The van der Waals surface area contributed by atoms with Gasteiger partial charge in [0.25, 0.3) is 0 Å². The van der Waals surface area contributed by atoms with Crippen LogP contribution in [0.5, 0.6) is 5.75 Å². The second-order valence-corrected chi connectivity index (χ2v) is 18.5. The Labute approximate surface area is 370 Å². The molecule has 0 unspecified atom stereocenters. The molecule has 0 saturated carbocycles. The van der Waals surface area contributed by atoms with E-state index in [9.17, 15) is 5.11 Å². The van der Waals surface area contributed by atoms with Crippen LogP contribution >= 0.6 is 0 Å². The van der Waals surface area contributed by atoms with Crippen LogP contribution in [0.1, 0.15) is 85.4 Å². The maximum Gasteiger partial charge on any atom is 0.148 e. The number of phenols is 1. The van der Waals surface area contributed by atoms with Crippen molar-refractivity contribution in [1.82, 2.24) is 14.5 Å². The minimum Gasteiger partial charge on any atom is -0.507 e. The van der Waals surface area contributed by atoms with E-state index in [1.54, 1.807) is 6.07 Å². The molecule has 8 rings (SSSR count). The summed E-state index contributed by atoms with van der Waals surface area (Å²) in [7, 11) is 0. The molecule has 2 aromatic heterocycles.